The van der Waals surface area contributed by atoms with E-state index in [0.717, 1.165) is 24.7 Å². The Morgan fingerprint density at radius 2 is 2.10 bits per heavy atom. The highest BCUT2D eigenvalue weighted by Crippen LogP contribution is 2.25. The number of carbonyl (C=O) groups is 1. The van der Waals surface area contributed by atoms with Crippen LogP contribution in [-0.4, -0.2) is 43.6 Å². The van der Waals surface area contributed by atoms with Crippen LogP contribution in [0.25, 0.3) is 0 Å². The van der Waals surface area contributed by atoms with Gasteiger partial charge in [-0.3, -0.25) is 9.69 Å². The molecule has 110 valence electrons. The largest absolute Gasteiger partial charge is 0.367 e. The molecule has 4 heteroatoms. The van der Waals surface area contributed by atoms with Crippen molar-refractivity contribution in [3.05, 3.63) is 35.9 Å². The zero-order valence-electron chi connectivity index (χ0n) is 12.3. The van der Waals surface area contributed by atoms with Gasteiger partial charge in [-0.05, 0) is 24.9 Å². The Kier molecular flexibility index (Phi) is 5.56. The van der Waals surface area contributed by atoms with Crippen molar-refractivity contribution in [1.29, 1.82) is 0 Å². The molecule has 1 saturated carbocycles. The number of hydrogen-bond donors (Lipinski definition) is 1. The molecule has 0 aliphatic heterocycles. The minimum absolute atomic E-state index is 0.0643. The van der Waals surface area contributed by atoms with Crippen LogP contribution in [0.4, 0.5) is 0 Å². The number of ether oxygens (including phenoxy) is 1. The van der Waals surface area contributed by atoms with Gasteiger partial charge < -0.3 is 10.1 Å². The zero-order chi connectivity index (χ0) is 14.4. The van der Waals surface area contributed by atoms with E-state index in [2.05, 4.69) is 17.1 Å². The number of carbonyl (C=O) groups excluding carboxylic acids is 1. The van der Waals surface area contributed by atoms with Crippen LogP contribution in [0.2, 0.25) is 0 Å². The summed E-state index contributed by atoms with van der Waals surface area (Å²) < 4.78 is 5.32. The molecule has 0 aromatic heterocycles. The van der Waals surface area contributed by atoms with Crippen molar-refractivity contribution in [2.45, 2.75) is 31.9 Å². The van der Waals surface area contributed by atoms with Crippen molar-refractivity contribution in [2.24, 2.45) is 0 Å². The van der Waals surface area contributed by atoms with E-state index in [-0.39, 0.29) is 5.91 Å². The lowest BCUT2D eigenvalue weighted by atomic mass is 10.1. The minimum atomic E-state index is -0.521. The first kappa shape index (κ1) is 15.0. The van der Waals surface area contributed by atoms with Crippen molar-refractivity contribution >= 4 is 5.91 Å². The molecule has 0 bridgehead atoms. The van der Waals surface area contributed by atoms with E-state index < -0.39 is 6.10 Å². The fraction of sp³-hybridized carbons (Fsp3) is 0.562. The van der Waals surface area contributed by atoms with Crippen LogP contribution in [0.3, 0.4) is 0 Å². The second-order valence-electron chi connectivity index (χ2n) is 5.18. The van der Waals surface area contributed by atoms with Gasteiger partial charge in [-0.2, -0.15) is 0 Å². The minimum Gasteiger partial charge on any atom is -0.367 e. The van der Waals surface area contributed by atoms with E-state index in [4.69, 9.17) is 4.74 Å². The standard InChI is InChI=1S/C16H24N2O2/c1-3-18(14-9-10-14)12-11-17-16(19)15(20-2)13-7-5-4-6-8-13/h4-8,14-15H,3,9-12H2,1-2H3,(H,17,19)/t15-/m0/s1. The number of nitrogens with zero attached hydrogens (tertiary/aromatic N) is 1. The molecular weight excluding hydrogens is 252 g/mol. The summed E-state index contributed by atoms with van der Waals surface area (Å²) in [4.78, 5) is 14.6. The molecule has 1 atom stereocenters. The predicted molar refractivity (Wildman–Crippen MR) is 79.5 cm³/mol. The molecule has 2 rings (SSSR count). The highest BCUT2D eigenvalue weighted by molar-refractivity contribution is 5.82. The first-order chi connectivity index (χ1) is 9.76. The molecule has 0 saturated heterocycles. The molecular formula is C16H24N2O2. The molecule has 0 unspecified atom stereocenters. The smallest absolute Gasteiger partial charge is 0.253 e. The Hall–Kier alpha value is -1.39. The molecule has 1 fully saturated rings. The SMILES string of the molecule is CCN(CCNC(=O)[C@@H](OC)c1ccccc1)C1CC1. The van der Waals surface area contributed by atoms with Gasteiger partial charge in [0, 0.05) is 26.2 Å². The highest BCUT2D eigenvalue weighted by atomic mass is 16.5. The van der Waals surface area contributed by atoms with Crippen LogP contribution < -0.4 is 5.32 Å². The first-order valence-corrected chi connectivity index (χ1v) is 7.35. The fourth-order valence-corrected chi connectivity index (χ4v) is 2.48. The predicted octanol–water partition coefficient (Wildman–Crippen LogP) is 1.97. The van der Waals surface area contributed by atoms with Crippen LogP contribution in [0.15, 0.2) is 30.3 Å². The Balaban J connectivity index is 1.80. The third-order valence-electron chi connectivity index (χ3n) is 3.74. The molecule has 1 amide bonds. The lowest BCUT2D eigenvalue weighted by Crippen LogP contribution is -2.38. The fourth-order valence-electron chi connectivity index (χ4n) is 2.48. The van der Waals surface area contributed by atoms with Gasteiger partial charge in [0.1, 0.15) is 0 Å². The summed E-state index contributed by atoms with van der Waals surface area (Å²) in [6.07, 6.45) is 2.08. The molecule has 1 N–H and O–H groups in total. The van der Waals surface area contributed by atoms with Crippen LogP contribution in [0, 0.1) is 0 Å². The van der Waals surface area contributed by atoms with Crippen molar-refractivity contribution in [1.82, 2.24) is 10.2 Å². The Bertz CT molecular complexity index is 418. The molecule has 1 aliphatic rings. The molecule has 4 nitrogen and oxygen atoms in total. The average molecular weight is 276 g/mol. The van der Waals surface area contributed by atoms with Gasteiger partial charge in [0.15, 0.2) is 6.10 Å². The molecule has 20 heavy (non-hydrogen) atoms. The first-order valence-electron chi connectivity index (χ1n) is 7.35. The molecule has 0 heterocycles. The van der Waals surface area contributed by atoms with Crippen LogP contribution in [0.1, 0.15) is 31.4 Å². The van der Waals surface area contributed by atoms with Gasteiger partial charge >= 0.3 is 0 Å². The van der Waals surface area contributed by atoms with E-state index in [9.17, 15) is 4.79 Å². The van der Waals surface area contributed by atoms with Gasteiger partial charge in [-0.1, -0.05) is 37.3 Å². The molecule has 1 aromatic rings. The summed E-state index contributed by atoms with van der Waals surface area (Å²) in [6.45, 7) is 4.81. The second-order valence-corrected chi connectivity index (χ2v) is 5.18. The molecule has 0 spiro atoms. The number of likely N-dealkylation sites (N-methyl/N-ethyl adjacent to an activating group) is 1. The Labute approximate surface area is 121 Å². The van der Waals surface area contributed by atoms with Crippen LogP contribution in [-0.2, 0) is 9.53 Å². The Morgan fingerprint density at radius 1 is 1.40 bits per heavy atom. The molecule has 1 aromatic carbocycles. The van der Waals surface area contributed by atoms with Crippen molar-refractivity contribution in [2.75, 3.05) is 26.7 Å². The number of amides is 1. The van der Waals surface area contributed by atoms with Crippen molar-refractivity contribution < 1.29 is 9.53 Å². The highest BCUT2D eigenvalue weighted by Gasteiger charge is 2.27. The quantitative estimate of drug-likeness (QED) is 0.789. The third kappa shape index (κ3) is 4.05. The normalized spacial score (nSPS) is 16.1. The van der Waals surface area contributed by atoms with Crippen molar-refractivity contribution in [3.63, 3.8) is 0 Å². The lowest BCUT2D eigenvalue weighted by Gasteiger charge is -2.21. The third-order valence-corrected chi connectivity index (χ3v) is 3.74. The molecule has 1 aliphatic carbocycles. The maximum atomic E-state index is 12.2. The number of methoxy groups -OCH3 is 1. The summed E-state index contributed by atoms with van der Waals surface area (Å²) in [6, 6.07) is 10.3. The maximum Gasteiger partial charge on any atom is 0.253 e. The van der Waals surface area contributed by atoms with Crippen LogP contribution >= 0.6 is 0 Å². The van der Waals surface area contributed by atoms with Gasteiger partial charge in [0.05, 0.1) is 0 Å². The topological polar surface area (TPSA) is 41.6 Å². The van der Waals surface area contributed by atoms with Crippen molar-refractivity contribution in [3.8, 4) is 0 Å². The zero-order valence-corrected chi connectivity index (χ0v) is 12.3. The van der Waals surface area contributed by atoms with Gasteiger partial charge in [0.2, 0.25) is 0 Å². The number of benzene rings is 1. The van der Waals surface area contributed by atoms with E-state index in [1.807, 2.05) is 30.3 Å². The summed E-state index contributed by atoms with van der Waals surface area (Å²) >= 11 is 0. The summed E-state index contributed by atoms with van der Waals surface area (Å²) in [5.74, 6) is -0.0643. The van der Waals surface area contributed by atoms with E-state index >= 15 is 0 Å². The monoisotopic (exact) mass is 276 g/mol. The Morgan fingerprint density at radius 3 is 2.65 bits per heavy atom. The summed E-state index contributed by atoms with van der Waals surface area (Å²) in [5, 5.41) is 2.97. The summed E-state index contributed by atoms with van der Waals surface area (Å²) in [5.41, 5.74) is 0.891. The maximum absolute atomic E-state index is 12.2. The lowest BCUT2D eigenvalue weighted by molar-refractivity contribution is -0.131. The van der Waals surface area contributed by atoms with Gasteiger partial charge in [-0.15, -0.1) is 0 Å². The molecule has 0 radical (unpaired) electrons. The number of nitrogens with one attached hydrogen (secondary N) is 1. The van der Waals surface area contributed by atoms with E-state index in [1.54, 1.807) is 7.11 Å². The number of rotatable bonds is 8. The van der Waals surface area contributed by atoms with E-state index in [1.165, 1.54) is 12.8 Å². The average Bonchev–Trinajstić information content (AvgIpc) is 3.30. The number of hydrogen-bond acceptors (Lipinski definition) is 3. The second kappa shape index (κ2) is 7.41. The van der Waals surface area contributed by atoms with E-state index in [0.29, 0.717) is 6.54 Å². The van der Waals surface area contributed by atoms with Gasteiger partial charge in [-0.25, -0.2) is 0 Å². The van der Waals surface area contributed by atoms with Gasteiger partial charge in [0.25, 0.3) is 5.91 Å². The van der Waals surface area contributed by atoms with Crippen LogP contribution in [0.5, 0.6) is 0 Å². The summed E-state index contributed by atoms with van der Waals surface area (Å²) in [7, 11) is 1.57.